The van der Waals surface area contributed by atoms with Gasteiger partial charge in [-0.05, 0) is 67.9 Å². The minimum absolute atomic E-state index is 0.00986. The van der Waals surface area contributed by atoms with E-state index in [1.807, 2.05) is 24.3 Å². The predicted molar refractivity (Wildman–Crippen MR) is 147 cm³/mol. The molecule has 0 saturated heterocycles. The summed E-state index contributed by atoms with van der Waals surface area (Å²) in [7, 11) is 0. The number of benzene rings is 2. The zero-order chi connectivity index (χ0) is 26.4. The maximum atomic E-state index is 10.9. The SMILES string of the molecule is CC(c1ccc(O)c(C(C(C)(C)C)C(C)(C)C)c1)c1ccc(O)c(C(C(C)(C)C)C(C)(C)C)c1. The Hall–Kier alpha value is -1.96. The number of hydrogen-bond acceptors (Lipinski definition) is 2. The molecule has 2 aromatic carbocycles. The highest BCUT2D eigenvalue weighted by Gasteiger charge is 2.39. The summed E-state index contributed by atoms with van der Waals surface area (Å²) in [5.74, 6) is 1.29. The van der Waals surface area contributed by atoms with Gasteiger partial charge in [0, 0.05) is 5.92 Å². The molecule has 190 valence electrons. The maximum Gasteiger partial charge on any atom is 0.119 e. The van der Waals surface area contributed by atoms with E-state index in [1.165, 1.54) is 11.1 Å². The van der Waals surface area contributed by atoms with Crippen LogP contribution in [0.15, 0.2) is 36.4 Å². The van der Waals surface area contributed by atoms with Gasteiger partial charge in [-0.1, -0.05) is 114 Å². The molecular weight excluding hydrogens is 416 g/mol. The zero-order valence-corrected chi connectivity index (χ0v) is 24.1. The molecule has 0 radical (unpaired) electrons. The monoisotopic (exact) mass is 466 g/mol. The van der Waals surface area contributed by atoms with Crippen molar-refractivity contribution in [3.63, 3.8) is 0 Å². The van der Waals surface area contributed by atoms with Crippen molar-refractivity contribution < 1.29 is 10.2 Å². The Morgan fingerprint density at radius 1 is 0.500 bits per heavy atom. The van der Waals surface area contributed by atoms with Crippen molar-refractivity contribution in [3.05, 3.63) is 58.7 Å². The fraction of sp³-hybridized carbons (Fsp3) is 0.625. The number of hydrogen-bond donors (Lipinski definition) is 2. The average Bonchev–Trinajstić information content (AvgIpc) is 2.60. The van der Waals surface area contributed by atoms with E-state index in [0.29, 0.717) is 11.5 Å². The summed E-state index contributed by atoms with van der Waals surface area (Å²) in [5.41, 5.74) is 4.45. The zero-order valence-electron chi connectivity index (χ0n) is 24.1. The third-order valence-corrected chi connectivity index (χ3v) is 7.19. The predicted octanol–water partition coefficient (Wildman–Crippen LogP) is 9.60. The first-order valence-corrected chi connectivity index (χ1v) is 12.8. The van der Waals surface area contributed by atoms with Gasteiger partial charge in [0.15, 0.2) is 0 Å². The van der Waals surface area contributed by atoms with Crippen LogP contribution in [0, 0.1) is 21.7 Å². The van der Waals surface area contributed by atoms with E-state index < -0.39 is 0 Å². The minimum atomic E-state index is 0.00986. The normalized spacial score (nSPS) is 13.9. The van der Waals surface area contributed by atoms with Crippen LogP contribution in [0.1, 0.15) is 130 Å². The summed E-state index contributed by atoms with van der Waals surface area (Å²) in [6, 6.07) is 12.2. The van der Waals surface area contributed by atoms with Gasteiger partial charge in [0.05, 0.1) is 0 Å². The Labute approximate surface area is 209 Å². The van der Waals surface area contributed by atoms with Crippen molar-refractivity contribution in [2.24, 2.45) is 21.7 Å². The molecule has 0 aromatic heterocycles. The Bertz CT molecular complexity index is 878. The van der Waals surface area contributed by atoms with Gasteiger partial charge >= 0.3 is 0 Å². The van der Waals surface area contributed by atoms with Crippen molar-refractivity contribution >= 4 is 0 Å². The molecule has 0 heterocycles. The van der Waals surface area contributed by atoms with Crippen LogP contribution >= 0.6 is 0 Å². The molecule has 0 unspecified atom stereocenters. The fourth-order valence-electron chi connectivity index (χ4n) is 6.80. The third kappa shape index (κ3) is 6.18. The van der Waals surface area contributed by atoms with Gasteiger partial charge in [0.25, 0.3) is 0 Å². The number of phenolic OH excluding ortho intramolecular Hbond substituents is 2. The second-order valence-electron chi connectivity index (χ2n) is 14.7. The molecule has 0 spiro atoms. The lowest BCUT2D eigenvalue weighted by Crippen LogP contribution is -2.30. The highest BCUT2D eigenvalue weighted by Crippen LogP contribution is 2.52. The molecule has 0 aliphatic carbocycles. The maximum absolute atomic E-state index is 10.9. The van der Waals surface area contributed by atoms with Crippen molar-refractivity contribution in [2.75, 3.05) is 0 Å². The highest BCUT2D eigenvalue weighted by atomic mass is 16.3. The molecule has 0 amide bonds. The van der Waals surface area contributed by atoms with E-state index in [1.54, 1.807) is 0 Å². The number of phenols is 2. The summed E-state index contributed by atoms with van der Waals surface area (Å²) >= 11 is 0. The summed E-state index contributed by atoms with van der Waals surface area (Å²) < 4.78 is 0. The molecule has 0 atom stereocenters. The molecule has 0 bridgehead atoms. The highest BCUT2D eigenvalue weighted by molar-refractivity contribution is 5.47. The van der Waals surface area contributed by atoms with E-state index in [4.69, 9.17) is 0 Å². The van der Waals surface area contributed by atoms with Gasteiger partial charge < -0.3 is 10.2 Å². The van der Waals surface area contributed by atoms with Gasteiger partial charge in [0.2, 0.25) is 0 Å². The number of aromatic hydroxyl groups is 2. The van der Waals surface area contributed by atoms with E-state index >= 15 is 0 Å². The van der Waals surface area contributed by atoms with Gasteiger partial charge in [-0.3, -0.25) is 0 Å². The Kier molecular flexibility index (Phi) is 7.69. The quantitative estimate of drug-likeness (QED) is 0.471. The van der Waals surface area contributed by atoms with Crippen LogP contribution in [0.25, 0.3) is 0 Å². The molecular formula is C32H50O2. The first-order chi connectivity index (χ1) is 15.2. The second kappa shape index (κ2) is 9.25. The van der Waals surface area contributed by atoms with E-state index in [-0.39, 0.29) is 39.4 Å². The van der Waals surface area contributed by atoms with E-state index in [2.05, 4.69) is 102 Å². The Balaban J connectivity index is 2.63. The Morgan fingerprint density at radius 3 is 1.00 bits per heavy atom. The fourth-order valence-corrected chi connectivity index (χ4v) is 6.80. The summed E-state index contributed by atoms with van der Waals surface area (Å²) in [5, 5.41) is 21.8. The molecule has 0 aliphatic rings. The topological polar surface area (TPSA) is 40.5 Å². The summed E-state index contributed by atoms with van der Waals surface area (Å²) in [6.45, 7) is 29.3. The van der Waals surface area contributed by atoms with Gasteiger partial charge in [-0.25, -0.2) is 0 Å². The average molecular weight is 467 g/mol. The van der Waals surface area contributed by atoms with Crippen LogP contribution in [-0.4, -0.2) is 10.2 Å². The van der Waals surface area contributed by atoms with Crippen molar-refractivity contribution in [1.29, 1.82) is 0 Å². The van der Waals surface area contributed by atoms with E-state index in [9.17, 15) is 10.2 Å². The molecule has 34 heavy (non-hydrogen) atoms. The third-order valence-electron chi connectivity index (χ3n) is 7.19. The van der Waals surface area contributed by atoms with E-state index in [0.717, 1.165) is 11.1 Å². The second-order valence-corrected chi connectivity index (χ2v) is 14.7. The van der Waals surface area contributed by atoms with Gasteiger partial charge in [-0.15, -0.1) is 0 Å². The smallest absolute Gasteiger partial charge is 0.119 e. The van der Waals surface area contributed by atoms with Gasteiger partial charge in [0.1, 0.15) is 11.5 Å². The largest absolute Gasteiger partial charge is 0.508 e. The van der Waals surface area contributed by atoms with Crippen molar-refractivity contribution in [2.45, 2.75) is 108 Å². The van der Waals surface area contributed by atoms with Gasteiger partial charge in [-0.2, -0.15) is 0 Å². The van der Waals surface area contributed by atoms with Crippen LogP contribution < -0.4 is 0 Å². The lowest BCUT2D eigenvalue weighted by atomic mass is 9.63. The summed E-state index contributed by atoms with van der Waals surface area (Å²) in [4.78, 5) is 0. The molecule has 0 fully saturated rings. The minimum Gasteiger partial charge on any atom is -0.508 e. The van der Waals surface area contributed by atoms with Crippen LogP contribution in [0.3, 0.4) is 0 Å². The standard InChI is InChI=1S/C32H50O2/c1-20(21-14-16-25(33)23(18-21)27(29(2,3)4)30(5,6)7)22-15-17-26(34)24(19-22)28(31(8,9)10)32(11,12)13/h14-20,27-28,33-34H,1-13H3. The molecule has 0 saturated carbocycles. The van der Waals surface area contributed by atoms with Crippen LogP contribution in [-0.2, 0) is 0 Å². The molecule has 2 nitrogen and oxygen atoms in total. The molecule has 2 heteroatoms. The molecule has 2 aromatic rings. The first kappa shape index (κ1) is 28.3. The van der Waals surface area contributed by atoms with Crippen LogP contribution in [0.4, 0.5) is 0 Å². The molecule has 2 N–H and O–H groups in total. The Morgan fingerprint density at radius 2 is 0.765 bits per heavy atom. The first-order valence-electron chi connectivity index (χ1n) is 12.8. The number of rotatable bonds is 4. The molecule has 0 aliphatic heterocycles. The van der Waals surface area contributed by atoms with Crippen molar-refractivity contribution in [1.82, 2.24) is 0 Å². The van der Waals surface area contributed by atoms with Crippen LogP contribution in [0.2, 0.25) is 0 Å². The lowest BCUT2D eigenvalue weighted by Gasteiger charge is -2.42. The lowest BCUT2D eigenvalue weighted by molar-refractivity contribution is 0.172. The molecule has 2 rings (SSSR count). The van der Waals surface area contributed by atoms with Crippen molar-refractivity contribution in [3.8, 4) is 11.5 Å². The summed E-state index contributed by atoms with van der Waals surface area (Å²) in [6.07, 6.45) is 0. The van der Waals surface area contributed by atoms with Crippen LogP contribution in [0.5, 0.6) is 11.5 Å².